The Balaban J connectivity index is 2.04. The highest BCUT2D eigenvalue weighted by Gasteiger charge is 2.21. The third kappa shape index (κ3) is 3.50. The van der Waals surface area contributed by atoms with Crippen molar-refractivity contribution < 1.29 is 13.2 Å². The van der Waals surface area contributed by atoms with E-state index in [0.717, 1.165) is 4.88 Å². The summed E-state index contributed by atoms with van der Waals surface area (Å²) in [6, 6.07) is 3.43. The second-order valence-corrected chi connectivity index (χ2v) is 7.01. The molecular formula is C10H17N3O3S2. The average molecular weight is 291 g/mol. The number of nitrogens with two attached hydrogens (primary N) is 1. The van der Waals surface area contributed by atoms with Crippen LogP contribution in [0.15, 0.2) is 16.3 Å². The fourth-order valence-corrected chi connectivity index (χ4v) is 4.13. The molecule has 18 heavy (non-hydrogen) atoms. The first kappa shape index (κ1) is 13.9. The van der Waals surface area contributed by atoms with Crippen LogP contribution < -0.4 is 10.6 Å². The van der Waals surface area contributed by atoms with Gasteiger partial charge in [-0.25, -0.2) is 13.4 Å². The molecule has 0 aliphatic carbocycles. The van der Waals surface area contributed by atoms with E-state index in [1.165, 1.54) is 11.3 Å². The minimum atomic E-state index is -3.46. The maximum atomic E-state index is 12.1. The van der Waals surface area contributed by atoms with Gasteiger partial charge in [-0.2, -0.15) is 0 Å². The number of hydrogen-bond acceptors (Lipinski definition) is 6. The molecule has 0 saturated carbocycles. The number of morpholine rings is 1. The minimum Gasteiger partial charge on any atom is -0.379 e. The molecule has 3 N–H and O–H groups in total. The van der Waals surface area contributed by atoms with Crippen LogP contribution in [0.1, 0.15) is 4.88 Å². The van der Waals surface area contributed by atoms with E-state index < -0.39 is 10.0 Å². The number of nitrogens with one attached hydrogen (secondary N) is 1. The second-order valence-electron chi connectivity index (χ2n) is 3.95. The Labute approximate surface area is 111 Å². The van der Waals surface area contributed by atoms with Crippen molar-refractivity contribution >= 4 is 21.4 Å². The zero-order chi connectivity index (χ0) is 13.0. The van der Waals surface area contributed by atoms with E-state index in [9.17, 15) is 8.42 Å². The van der Waals surface area contributed by atoms with Gasteiger partial charge in [0.2, 0.25) is 0 Å². The van der Waals surface area contributed by atoms with E-state index in [1.54, 1.807) is 11.1 Å². The Hall–Kier alpha value is -0.510. The molecule has 6 nitrogen and oxygen atoms in total. The SMILES string of the molecule is NCCc1ccc(S(=O)(=O)NN2CCOCC2)s1. The lowest BCUT2D eigenvalue weighted by atomic mass is 10.3. The summed E-state index contributed by atoms with van der Waals surface area (Å²) >= 11 is 1.26. The molecule has 8 heteroatoms. The summed E-state index contributed by atoms with van der Waals surface area (Å²) in [6.07, 6.45) is 0.706. The molecule has 1 saturated heterocycles. The zero-order valence-corrected chi connectivity index (χ0v) is 11.6. The standard InChI is InChI=1S/C10H17N3O3S2/c11-4-3-9-1-2-10(17-9)18(14,15)12-13-5-7-16-8-6-13/h1-2,12H,3-8,11H2. The highest BCUT2D eigenvalue weighted by atomic mass is 32.2. The normalized spacial score (nSPS) is 18.1. The number of sulfonamides is 1. The number of thiophene rings is 1. The molecule has 1 aromatic heterocycles. The molecule has 1 aliphatic rings. The van der Waals surface area contributed by atoms with Crippen molar-refractivity contribution in [3.63, 3.8) is 0 Å². The summed E-state index contributed by atoms with van der Waals surface area (Å²) in [6.45, 7) is 2.76. The largest absolute Gasteiger partial charge is 0.379 e. The van der Waals surface area contributed by atoms with Gasteiger partial charge in [-0.05, 0) is 25.1 Å². The van der Waals surface area contributed by atoms with Gasteiger partial charge in [0.25, 0.3) is 10.0 Å². The van der Waals surface area contributed by atoms with Gasteiger partial charge in [0.15, 0.2) is 0 Å². The number of hydrogen-bond donors (Lipinski definition) is 2. The van der Waals surface area contributed by atoms with Crippen LogP contribution in [0.5, 0.6) is 0 Å². The van der Waals surface area contributed by atoms with Gasteiger partial charge >= 0.3 is 0 Å². The van der Waals surface area contributed by atoms with Crippen molar-refractivity contribution in [2.45, 2.75) is 10.6 Å². The lowest BCUT2D eigenvalue weighted by Gasteiger charge is -2.26. The molecule has 0 aromatic carbocycles. The summed E-state index contributed by atoms with van der Waals surface area (Å²) in [5.41, 5.74) is 5.45. The van der Waals surface area contributed by atoms with E-state index in [0.29, 0.717) is 43.5 Å². The van der Waals surface area contributed by atoms with Gasteiger partial charge in [0, 0.05) is 18.0 Å². The van der Waals surface area contributed by atoms with Crippen molar-refractivity contribution in [2.75, 3.05) is 32.8 Å². The van der Waals surface area contributed by atoms with Crippen molar-refractivity contribution in [1.29, 1.82) is 0 Å². The Morgan fingerprint density at radius 3 is 2.78 bits per heavy atom. The smallest absolute Gasteiger partial charge is 0.262 e. The zero-order valence-electron chi connectivity index (χ0n) is 9.96. The Kier molecular flexibility index (Phi) is 4.71. The molecule has 0 spiro atoms. The third-order valence-corrected chi connectivity index (χ3v) is 5.57. The Bertz CT molecular complexity index is 480. The van der Waals surface area contributed by atoms with Gasteiger partial charge in [0.05, 0.1) is 13.2 Å². The maximum absolute atomic E-state index is 12.1. The summed E-state index contributed by atoms with van der Waals surface area (Å²) in [4.78, 5) is 3.56. The minimum absolute atomic E-state index is 0.331. The summed E-state index contributed by atoms with van der Waals surface area (Å²) in [5.74, 6) is 0. The van der Waals surface area contributed by atoms with Gasteiger partial charge in [-0.15, -0.1) is 16.2 Å². The van der Waals surface area contributed by atoms with Gasteiger partial charge in [0.1, 0.15) is 4.21 Å². The highest BCUT2D eigenvalue weighted by Crippen LogP contribution is 2.21. The number of ether oxygens (including phenoxy) is 1. The molecule has 1 fully saturated rings. The molecular weight excluding hydrogens is 274 g/mol. The first-order chi connectivity index (χ1) is 8.62. The predicted octanol–water partition coefficient (Wildman–Crippen LogP) is -0.225. The first-order valence-electron chi connectivity index (χ1n) is 5.76. The predicted molar refractivity (Wildman–Crippen MR) is 69.8 cm³/mol. The maximum Gasteiger partial charge on any atom is 0.262 e. The van der Waals surface area contributed by atoms with Crippen LogP contribution in [-0.2, 0) is 21.2 Å². The number of nitrogens with zero attached hydrogens (tertiary/aromatic N) is 1. The van der Waals surface area contributed by atoms with Crippen LogP contribution in [0.25, 0.3) is 0 Å². The van der Waals surface area contributed by atoms with Crippen LogP contribution in [0.2, 0.25) is 0 Å². The monoisotopic (exact) mass is 291 g/mol. The molecule has 0 bridgehead atoms. The third-order valence-electron chi connectivity index (χ3n) is 2.55. The van der Waals surface area contributed by atoms with Crippen LogP contribution in [0.4, 0.5) is 0 Å². The van der Waals surface area contributed by atoms with E-state index >= 15 is 0 Å². The van der Waals surface area contributed by atoms with E-state index in [4.69, 9.17) is 10.5 Å². The molecule has 1 aromatic rings. The molecule has 2 heterocycles. The molecule has 2 rings (SSSR count). The van der Waals surface area contributed by atoms with Crippen LogP contribution in [0, 0.1) is 0 Å². The molecule has 1 aliphatic heterocycles. The lowest BCUT2D eigenvalue weighted by Crippen LogP contribution is -2.48. The topological polar surface area (TPSA) is 84.7 Å². The molecule has 0 atom stereocenters. The molecule has 0 amide bonds. The van der Waals surface area contributed by atoms with Crippen molar-refractivity contribution in [2.24, 2.45) is 5.73 Å². The van der Waals surface area contributed by atoms with Gasteiger partial charge in [-0.3, -0.25) is 0 Å². The summed E-state index contributed by atoms with van der Waals surface area (Å²) in [5, 5.41) is 1.67. The fraction of sp³-hybridized carbons (Fsp3) is 0.600. The average Bonchev–Trinajstić information content (AvgIpc) is 2.80. The van der Waals surface area contributed by atoms with Gasteiger partial charge in [-0.1, -0.05) is 0 Å². The van der Waals surface area contributed by atoms with Crippen molar-refractivity contribution in [1.82, 2.24) is 9.84 Å². The number of rotatable bonds is 5. The molecule has 102 valence electrons. The lowest BCUT2D eigenvalue weighted by molar-refractivity contribution is 0.0272. The second kappa shape index (κ2) is 6.09. The van der Waals surface area contributed by atoms with Crippen LogP contribution in [-0.4, -0.2) is 46.3 Å². The Morgan fingerprint density at radius 2 is 2.11 bits per heavy atom. The van der Waals surface area contributed by atoms with E-state index in [1.807, 2.05) is 6.07 Å². The van der Waals surface area contributed by atoms with E-state index in [2.05, 4.69) is 4.83 Å². The van der Waals surface area contributed by atoms with Gasteiger partial charge < -0.3 is 10.5 Å². The fourth-order valence-electron chi connectivity index (χ4n) is 1.65. The van der Waals surface area contributed by atoms with E-state index in [-0.39, 0.29) is 0 Å². The molecule has 0 unspecified atom stereocenters. The van der Waals surface area contributed by atoms with Crippen molar-refractivity contribution in [3.8, 4) is 0 Å². The summed E-state index contributed by atoms with van der Waals surface area (Å²) < 4.78 is 29.7. The Morgan fingerprint density at radius 1 is 1.39 bits per heavy atom. The quantitative estimate of drug-likeness (QED) is 0.783. The summed E-state index contributed by atoms with van der Waals surface area (Å²) in [7, 11) is -3.46. The molecule has 0 radical (unpaired) electrons. The van der Waals surface area contributed by atoms with Crippen molar-refractivity contribution in [3.05, 3.63) is 17.0 Å². The first-order valence-corrected chi connectivity index (χ1v) is 8.06. The number of hydrazine groups is 1. The van der Waals surface area contributed by atoms with Crippen LogP contribution >= 0.6 is 11.3 Å². The highest BCUT2D eigenvalue weighted by molar-refractivity contribution is 7.91. The van der Waals surface area contributed by atoms with Crippen LogP contribution in [0.3, 0.4) is 0 Å².